The van der Waals surface area contributed by atoms with E-state index in [0.717, 1.165) is 23.0 Å². The van der Waals surface area contributed by atoms with Crippen LogP contribution in [0.1, 0.15) is 22.5 Å². The van der Waals surface area contributed by atoms with Crippen molar-refractivity contribution in [2.75, 3.05) is 0 Å². The topological polar surface area (TPSA) is 42.7 Å². The van der Waals surface area contributed by atoms with Gasteiger partial charge in [-0.05, 0) is 31.0 Å². The lowest BCUT2D eigenvalue weighted by Crippen LogP contribution is -2.16. The molecule has 0 aliphatic rings. The first-order valence-corrected chi connectivity index (χ1v) is 6.25. The highest BCUT2D eigenvalue weighted by atomic mass is 35.5. The molecular weight excluding hydrogens is 248 g/mol. The molecule has 2 aromatic rings. The van der Waals surface area contributed by atoms with Crippen molar-refractivity contribution in [2.24, 2.45) is 7.05 Å². The Morgan fingerprint density at radius 2 is 2.11 bits per heavy atom. The molecule has 5 heteroatoms. The van der Waals surface area contributed by atoms with Gasteiger partial charge in [-0.25, -0.2) is 0 Å². The summed E-state index contributed by atoms with van der Waals surface area (Å²) in [5, 5.41) is 8.42. The summed E-state index contributed by atoms with van der Waals surface area (Å²) in [6, 6.07) is 2.03. The Hall–Kier alpha value is -1.39. The standard InChI is InChI=1S/C13H17ClN4/c1-9-6-15-5-4-11(9)7-16-8-12-13(14)10(2)17-18(12)3/h4-6,16H,7-8H2,1-3H3. The summed E-state index contributed by atoms with van der Waals surface area (Å²) in [5.74, 6) is 0. The van der Waals surface area contributed by atoms with Crippen molar-refractivity contribution in [3.63, 3.8) is 0 Å². The van der Waals surface area contributed by atoms with E-state index in [1.807, 2.05) is 37.1 Å². The molecule has 0 aliphatic heterocycles. The van der Waals surface area contributed by atoms with Crippen LogP contribution in [0.25, 0.3) is 0 Å². The van der Waals surface area contributed by atoms with E-state index in [1.54, 1.807) is 0 Å². The third kappa shape index (κ3) is 2.71. The Morgan fingerprint density at radius 1 is 1.33 bits per heavy atom. The Kier molecular flexibility index (Phi) is 3.99. The first-order valence-electron chi connectivity index (χ1n) is 5.87. The van der Waals surface area contributed by atoms with Crippen LogP contribution in [0.15, 0.2) is 18.5 Å². The van der Waals surface area contributed by atoms with Crippen molar-refractivity contribution in [3.05, 3.63) is 46.0 Å². The van der Waals surface area contributed by atoms with Gasteiger partial charge in [0.25, 0.3) is 0 Å². The lowest BCUT2D eigenvalue weighted by atomic mass is 10.1. The van der Waals surface area contributed by atoms with Gasteiger partial charge < -0.3 is 5.32 Å². The van der Waals surface area contributed by atoms with Crippen LogP contribution in [0.2, 0.25) is 5.02 Å². The minimum atomic E-state index is 0.706. The number of rotatable bonds is 4. The molecule has 0 radical (unpaired) electrons. The average molecular weight is 265 g/mol. The van der Waals surface area contributed by atoms with Crippen LogP contribution >= 0.6 is 11.6 Å². The van der Waals surface area contributed by atoms with E-state index >= 15 is 0 Å². The predicted molar refractivity (Wildman–Crippen MR) is 72.5 cm³/mol. The number of hydrogen-bond donors (Lipinski definition) is 1. The second-order valence-electron chi connectivity index (χ2n) is 4.38. The predicted octanol–water partition coefficient (Wildman–Crippen LogP) is 2.38. The normalized spacial score (nSPS) is 10.9. The Morgan fingerprint density at radius 3 is 2.72 bits per heavy atom. The molecule has 2 rings (SSSR count). The molecule has 0 amide bonds. The zero-order valence-corrected chi connectivity index (χ0v) is 11.6. The van der Waals surface area contributed by atoms with Gasteiger partial charge in [0.2, 0.25) is 0 Å². The molecule has 0 aromatic carbocycles. The highest BCUT2D eigenvalue weighted by Gasteiger charge is 2.10. The fourth-order valence-corrected chi connectivity index (χ4v) is 2.12. The van der Waals surface area contributed by atoms with Crippen molar-refractivity contribution in [3.8, 4) is 0 Å². The zero-order chi connectivity index (χ0) is 13.1. The lowest BCUT2D eigenvalue weighted by Gasteiger charge is -2.08. The summed E-state index contributed by atoms with van der Waals surface area (Å²) in [4.78, 5) is 4.08. The first-order chi connectivity index (χ1) is 8.59. The molecule has 2 aromatic heterocycles. The van der Waals surface area contributed by atoms with Crippen LogP contribution in [-0.4, -0.2) is 14.8 Å². The van der Waals surface area contributed by atoms with Gasteiger partial charge in [-0.2, -0.15) is 5.10 Å². The fraction of sp³-hybridized carbons (Fsp3) is 0.385. The maximum atomic E-state index is 6.19. The summed E-state index contributed by atoms with van der Waals surface area (Å²) < 4.78 is 1.82. The van der Waals surface area contributed by atoms with Gasteiger partial charge in [0, 0.05) is 32.5 Å². The second kappa shape index (κ2) is 5.50. The number of pyridine rings is 1. The number of halogens is 1. The van der Waals surface area contributed by atoms with Crippen LogP contribution in [0.5, 0.6) is 0 Å². The van der Waals surface area contributed by atoms with Crippen LogP contribution < -0.4 is 5.32 Å². The smallest absolute Gasteiger partial charge is 0.0860 e. The molecule has 0 spiro atoms. The van der Waals surface area contributed by atoms with E-state index < -0.39 is 0 Å². The summed E-state index contributed by atoms with van der Waals surface area (Å²) in [5.41, 5.74) is 4.33. The van der Waals surface area contributed by atoms with Crippen LogP contribution in [0, 0.1) is 13.8 Å². The van der Waals surface area contributed by atoms with Gasteiger partial charge in [0.05, 0.1) is 16.4 Å². The molecule has 0 atom stereocenters. The summed E-state index contributed by atoms with van der Waals surface area (Å²) in [6.45, 7) is 5.48. The Balaban J connectivity index is 1.99. The number of aryl methyl sites for hydroxylation is 3. The Bertz CT molecular complexity index is 548. The molecule has 96 valence electrons. The molecule has 0 unspecified atom stereocenters. The van der Waals surface area contributed by atoms with E-state index in [1.165, 1.54) is 11.1 Å². The molecule has 1 N–H and O–H groups in total. The Labute approximate surface area is 112 Å². The number of nitrogens with one attached hydrogen (secondary N) is 1. The summed E-state index contributed by atoms with van der Waals surface area (Å²) in [6.07, 6.45) is 3.68. The zero-order valence-electron chi connectivity index (χ0n) is 10.9. The summed E-state index contributed by atoms with van der Waals surface area (Å²) >= 11 is 6.19. The third-order valence-corrected chi connectivity index (χ3v) is 3.50. The van der Waals surface area contributed by atoms with Gasteiger partial charge in [-0.15, -0.1) is 0 Å². The SMILES string of the molecule is Cc1cnccc1CNCc1c(Cl)c(C)nn1C. The van der Waals surface area contributed by atoms with Crippen LogP contribution in [-0.2, 0) is 20.1 Å². The largest absolute Gasteiger partial charge is 0.307 e. The maximum Gasteiger partial charge on any atom is 0.0860 e. The van der Waals surface area contributed by atoms with E-state index in [9.17, 15) is 0 Å². The van der Waals surface area contributed by atoms with Gasteiger partial charge in [0.15, 0.2) is 0 Å². The van der Waals surface area contributed by atoms with Crippen molar-refractivity contribution < 1.29 is 0 Å². The van der Waals surface area contributed by atoms with Crippen LogP contribution in [0.3, 0.4) is 0 Å². The molecule has 0 fully saturated rings. The van der Waals surface area contributed by atoms with Gasteiger partial charge in [0.1, 0.15) is 0 Å². The molecule has 18 heavy (non-hydrogen) atoms. The van der Waals surface area contributed by atoms with E-state index in [0.29, 0.717) is 6.54 Å². The lowest BCUT2D eigenvalue weighted by molar-refractivity contribution is 0.623. The van der Waals surface area contributed by atoms with E-state index in [4.69, 9.17) is 11.6 Å². The van der Waals surface area contributed by atoms with Gasteiger partial charge in [-0.1, -0.05) is 11.6 Å². The third-order valence-electron chi connectivity index (χ3n) is 3.01. The fourth-order valence-electron chi connectivity index (χ4n) is 1.89. The van der Waals surface area contributed by atoms with Crippen molar-refractivity contribution in [1.82, 2.24) is 20.1 Å². The number of nitrogens with zero attached hydrogens (tertiary/aromatic N) is 3. The highest BCUT2D eigenvalue weighted by molar-refractivity contribution is 6.31. The van der Waals surface area contributed by atoms with Gasteiger partial charge in [-0.3, -0.25) is 9.67 Å². The van der Waals surface area contributed by atoms with Crippen molar-refractivity contribution in [1.29, 1.82) is 0 Å². The molecule has 0 saturated heterocycles. The number of hydrogen-bond acceptors (Lipinski definition) is 3. The highest BCUT2D eigenvalue weighted by Crippen LogP contribution is 2.19. The molecule has 4 nitrogen and oxygen atoms in total. The molecule has 0 aliphatic carbocycles. The van der Waals surface area contributed by atoms with E-state index in [2.05, 4.69) is 22.3 Å². The quantitative estimate of drug-likeness (QED) is 0.922. The monoisotopic (exact) mass is 264 g/mol. The second-order valence-corrected chi connectivity index (χ2v) is 4.75. The summed E-state index contributed by atoms with van der Waals surface area (Å²) in [7, 11) is 1.91. The van der Waals surface area contributed by atoms with Crippen molar-refractivity contribution >= 4 is 11.6 Å². The molecular formula is C13H17ClN4. The van der Waals surface area contributed by atoms with Crippen LogP contribution in [0.4, 0.5) is 0 Å². The maximum absolute atomic E-state index is 6.19. The number of aromatic nitrogens is 3. The molecule has 0 saturated carbocycles. The first kappa shape index (κ1) is 13.1. The minimum Gasteiger partial charge on any atom is -0.307 e. The van der Waals surface area contributed by atoms with E-state index in [-0.39, 0.29) is 0 Å². The van der Waals surface area contributed by atoms with Crippen molar-refractivity contribution in [2.45, 2.75) is 26.9 Å². The average Bonchev–Trinajstić information content (AvgIpc) is 2.58. The molecule has 0 bridgehead atoms. The van der Waals surface area contributed by atoms with Gasteiger partial charge >= 0.3 is 0 Å². The molecule has 2 heterocycles. The minimum absolute atomic E-state index is 0.706.